The van der Waals surface area contributed by atoms with Gasteiger partial charge in [0, 0.05) is 16.3 Å². The first-order valence-electron chi connectivity index (χ1n) is 10.1. The normalized spacial score (nSPS) is 19.2. The SMILES string of the molecule is CCCCC[C@@H]1CCc2c(ccc3c(F)cccc23)[C@H]1c1ccc(Cl)cc1. The lowest BCUT2D eigenvalue weighted by molar-refractivity contribution is 0.369. The largest absolute Gasteiger partial charge is 0.206 e. The fourth-order valence-electron chi connectivity index (χ4n) is 4.81. The van der Waals surface area contributed by atoms with E-state index in [1.165, 1.54) is 48.8 Å². The van der Waals surface area contributed by atoms with Crippen molar-refractivity contribution in [2.45, 2.75) is 51.4 Å². The van der Waals surface area contributed by atoms with E-state index < -0.39 is 0 Å². The molecule has 4 rings (SSSR count). The average molecular weight is 381 g/mol. The van der Waals surface area contributed by atoms with Crippen LogP contribution in [0.1, 0.15) is 61.6 Å². The summed E-state index contributed by atoms with van der Waals surface area (Å²) in [6.07, 6.45) is 7.28. The van der Waals surface area contributed by atoms with Gasteiger partial charge in [-0.1, -0.05) is 74.2 Å². The lowest BCUT2D eigenvalue weighted by Crippen LogP contribution is -2.22. The molecular weight excluding hydrogens is 355 g/mol. The summed E-state index contributed by atoms with van der Waals surface area (Å²) in [5, 5.41) is 2.60. The summed E-state index contributed by atoms with van der Waals surface area (Å²) in [4.78, 5) is 0. The molecule has 0 nitrogen and oxygen atoms in total. The van der Waals surface area contributed by atoms with Crippen molar-refractivity contribution in [1.82, 2.24) is 0 Å². The molecule has 0 fully saturated rings. The molecule has 1 aliphatic rings. The fourth-order valence-corrected chi connectivity index (χ4v) is 4.93. The van der Waals surface area contributed by atoms with E-state index in [4.69, 9.17) is 11.6 Å². The minimum atomic E-state index is -0.122. The number of halogens is 2. The summed E-state index contributed by atoms with van der Waals surface area (Å²) in [7, 11) is 0. The van der Waals surface area contributed by atoms with Gasteiger partial charge >= 0.3 is 0 Å². The molecule has 3 aromatic rings. The maximum atomic E-state index is 14.3. The van der Waals surface area contributed by atoms with Crippen LogP contribution in [0.25, 0.3) is 10.8 Å². The second-order valence-corrected chi connectivity index (χ2v) is 8.23. The van der Waals surface area contributed by atoms with Gasteiger partial charge in [-0.2, -0.15) is 0 Å². The molecule has 0 unspecified atom stereocenters. The number of hydrogen-bond donors (Lipinski definition) is 0. The van der Waals surface area contributed by atoms with Gasteiger partial charge in [-0.15, -0.1) is 0 Å². The Morgan fingerprint density at radius 3 is 2.56 bits per heavy atom. The van der Waals surface area contributed by atoms with E-state index in [9.17, 15) is 4.39 Å². The molecule has 2 heteroatoms. The second kappa shape index (κ2) is 8.02. The van der Waals surface area contributed by atoms with Gasteiger partial charge in [-0.3, -0.25) is 0 Å². The summed E-state index contributed by atoms with van der Waals surface area (Å²) in [5.41, 5.74) is 4.04. The van der Waals surface area contributed by atoms with Gasteiger partial charge in [0.2, 0.25) is 0 Å². The Hall–Kier alpha value is -1.86. The molecule has 0 saturated heterocycles. The van der Waals surface area contributed by atoms with Crippen LogP contribution in [0.2, 0.25) is 5.02 Å². The molecule has 3 aromatic carbocycles. The third-order valence-corrected chi connectivity index (χ3v) is 6.39. The quantitative estimate of drug-likeness (QED) is 0.394. The Kier molecular flexibility index (Phi) is 5.50. The molecule has 0 bridgehead atoms. The highest BCUT2D eigenvalue weighted by Crippen LogP contribution is 2.45. The maximum absolute atomic E-state index is 14.3. The molecule has 0 saturated carbocycles. The number of aryl methyl sites for hydroxylation is 1. The Labute approximate surface area is 166 Å². The summed E-state index contributed by atoms with van der Waals surface area (Å²) in [6.45, 7) is 2.26. The van der Waals surface area contributed by atoms with E-state index in [-0.39, 0.29) is 5.82 Å². The first-order valence-corrected chi connectivity index (χ1v) is 10.5. The first-order chi connectivity index (χ1) is 13.2. The molecule has 0 aromatic heterocycles. The van der Waals surface area contributed by atoms with Crippen molar-refractivity contribution in [2.24, 2.45) is 5.92 Å². The van der Waals surface area contributed by atoms with Gasteiger partial charge in [0.15, 0.2) is 0 Å². The lowest BCUT2D eigenvalue weighted by atomic mass is 9.69. The minimum absolute atomic E-state index is 0.122. The smallest absolute Gasteiger partial charge is 0.131 e. The topological polar surface area (TPSA) is 0 Å². The van der Waals surface area contributed by atoms with Gasteiger partial charge in [-0.25, -0.2) is 4.39 Å². The van der Waals surface area contributed by atoms with Crippen molar-refractivity contribution < 1.29 is 4.39 Å². The average Bonchev–Trinajstić information content (AvgIpc) is 2.69. The van der Waals surface area contributed by atoms with Crippen molar-refractivity contribution in [2.75, 3.05) is 0 Å². The molecule has 140 valence electrons. The van der Waals surface area contributed by atoms with Crippen molar-refractivity contribution in [3.05, 3.63) is 82.1 Å². The van der Waals surface area contributed by atoms with E-state index in [0.717, 1.165) is 22.2 Å². The molecule has 0 aliphatic heterocycles. The molecule has 0 radical (unpaired) electrons. The van der Waals surface area contributed by atoms with E-state index in [1.807, 2.05) is 24.3 Å². The lowest BCUT2D eigenvalue weighted by Gasteiger charge is -2.35. The molecular formula is C25H26ClF. The van der Waals surface area contributed by atoms with Crippen LogP contribution in [0.5, 0.6) is 0 Å². The number of unbranched alkanes of at least 4 members (excludes halogenated alkanes) is 2. The molecule has 0 N–H and O–H groups in total. The highest BCUT2D eigenvalue weighted by atomic mass is 35.5. The van der Waals surface area contributed by atoms with Crippen LogP contribution in [0.3, 0.4) is 0 Å². The third-order valence-electron chi connectivity index (χ3n) is 6.14. The van der Waals surface area contributed by atoms with E-state index in [1.54, 1.807) is 6.07 Å². The van der Waals surface area contributed by atoms with Gasteiger partial charge in [-0.05, 0) is 65.5 Å². The van der Waals surface area contributed by atoms with E-state index in [2.05, 4.69) is 31.2 Å². The van der Waals surface area contributed by atoms with Crippen molar-refractivity contribution in [1.29, 1.82) is 0 Å². The summed E-state index contributed by atoms with van der Waals surface area (Å²) < 4.78 is 14.3. The van der Waals surface area contributed by atoms with Gasteiger partial charge in [0.25, 0.3) is 0 Å². The van der Waals surface area contributed by atoms with Crippen LogP contribution in [0.15, 0.2) is 54.6 Å². The fraction of sp³-hybridized carbons (Fsp3) is 0.360. The Bertz CT molecular complexity index is 929. The zero-order chi connectivity index (χ0) is 18.8. The Balaban J connectivity index is 1.81. The summed E-state index contributed by atoms with van der Waals surface area (Å²) >= 11 is 6.14. The van der Waals surface area contributed by atoms with Crippen molar-refractivity contribution >= 4 is 22.4 Å². The van der Waals surface area contributed by atoms with Crippen LogP contribution in [-0.4, -0.2) is 0 Å². The first kappa shape index (κ1) is 18.5. The third kappa shape index (κ3) is 3.62. The number of fused-ring (bicyclic) bond motifs is 3. The van der Waals surface area contributed by atoms with Crippen molar-refractivity contribution in [3.63, 3.8) is 0 Å². The Morgan fingerprint density at radius 1 is 0.963 bits per heavy atom. The molecule has 0 heterocycles. The summed E-state index contributed by atoms with van der Waals surface area (Å²) in [6, 6.07) is 17.9. The molecule has 0 spiro atoms. The second-order valence-electron chi connectivity index (χ2n) is 7.79. The monoisotopic (exact) mass is 380 g/mol. The van der Waals surface area contributed by atoms with Crippen LogP contribution < -0.4 is 0 Å². The molecule has 1 aliphatic carbocycles. The predicted molar refractivity (Wildman–Crippen MR) is 113 cm³/mol. The molecule has 27 heavy (non-hydrogen) atoms. The van der Waals surface area contributed by atoms with Gasteiger partial charge in [0.1, 0.15) is 5.82 Å². The minimum Gasteiger partial charge on any atom is -0.206 e. The number of rotatable bonds is 5. The zero-order valence-electron chi connectivity index (χ0n) is 15.8. The molecule has 0 amide bonds. The van der Waals surface area contributed by atoms with Crippen LogP contribution >= 0.6 is 11.6 Å². The molecule has 2 atom stereocenters. The standard InChI is InChI=1S/C25H26ClF/c1-2-3-4-6-17-11-14-21-20-7-5-8-24(27)22(20)15-16-23(21)25(17)18-9-12-19(26)13-10-18/h5,7-10,12-13,15-17,25H,2-4,6,11,14H2,1H3/t17-,25-/m1/s1. The van der Waals surface area contributed by atoms with E-state index >= 15 is 0 Å². The maximum Gasteiger partial charge on any atom is 0.131 e. The van der Waals surface area contributed by atoms with Crippen LogP contribution in [-0.2, 0) is 6.42 Å². The highest BCUT2D eigenvalue weighted by molar-refractivity contribution is 6.30. The van der Waals surface area contributed by atoms with E-state index in [0.29, 0.717) is 11.8 Å². The highest BCUT2D eigenvalue weighted by Gasteiger charge is 2.31. The number of benzene rings is 3. The number of hydrogen-bond acceptors (Lipinski definition) is 0. The Morgan fingerprint density at radius 2 is 1.78 bits per heavy atom. The van der Waals surface area contributed by atoms with Crippen molar-refractivity contribution in [3.8, 4) is 0 Å². The predicted octanol–water partition coefficient (Wildman–Crippen LogP) is 7.91. The van der Waals surface area contributed by atoms with Gasteiger partial charge < -0.3 is 0 Å². The van der Waals surface area contributed by atoms with Crippen LogP contribution in [0.4, 0.5) is 4.39 Å². The summed E-state index contributed by atoms with van der Waals surface area (Å²) in [5.74, 6) is 0.884. The van der Waals surface area contributed by atoms with Gasteiger partial charge in [0.05, 0.1) is 0 Å². The van der Waals surface area contributed by atoms with Crippen LogP contribution in [0, 0.1) is 11.7 Å². The zero-order valence-corrected chi connectivity index (χ0v) is 16.6.